The number of benzene rings is 2. The third kappa shape index (κ3) is 4.01. The predicted octanol–water partition coefficient (Wildman–Crippen LogP) is 5.83. The Balaban J connectivity index is 1.60. The standard InChI is InChI=1S/C27H24BrN3O3/c1-4-24-30-26-15(2)9-16(3)29-27(26)31(24)13-17-5-8-20-22(12-25(32)33)21-11-19(28)7-6-18(21)14-34-23(20)10-17/h5-12H,4,13-14H2,1-3H3,(H,32,33). The van der Waals surface area contributed by atoms with E-state index in [-0.39, 0.29) is 0 Å². The minimum Gasteiger partial charge on any atom is -0.488 e. The second kappa shape index (κ2) is 8.72. The molecule has 172 valence electrons. The Morgan fingerprint density at radius 1 is 1.15 bits per heavy atom. The summed E-state index contributed by atoms with van der Waals surface area (Å²) in [6, 6.07) is 13.9. The maximum absolute atomic E-state index is 11.7. The monoisotopic (exact) mass is 517 g/mol. The Morgan fingerprint density at radius 3 is 2.74 bits per heavy atom. The van der Waals surface area contributed by atoms with Crippen LogP contribution in [0.4, 0.5) is 0 Å². The molecular formula is C27H24BrN3O3. The third-order valence-electron chi connectivity index (χ3n) is 6.11. The molecule has 6 nitrogen and oxygen atoms in total. The summed E-state index contributed by atoms with van der Waals surface area (Å²) in [5, 5.41) is 9.56. The minimum atomic E-state index is -0.993. The van der Waals surface area contributed by atoms with Gasteiger partial charge in [0.25, 0.3) is 0 Å². The van der Waals surface area contributed by atoms with Crippen LogP contribution in [0.3, 0.4) is 0 Å². The molecule has 2 aromatic heterocycles. The molecule has 0 saturated heterocycles. The van der Waals surface area contributed by atoms with E-state index >= 15 is 0 Å². The van der Waals surface area contributed by atoms with Crippen LogP contribution in [0.15, 0.2) is 53.0 Å². The summed E-state index contributed by atoms with van der Waals surface area (Å²) in [6.45, 7) is 7.12. The summed E-state index contributed by atoms with van der Waals surface area (Å²) in [4.78, 5) is 21.3. The number of aromatic nitrogens is 3. The van der Waals surface area contributed by atoms with E-state index in [1.807, 2.05) is 43.3 Å². The Morgan fingerprint density at radius 2 is 1.97 bits per heavy atom. The first-order chi connectivity index (χ1) is 16.3. The lowest BCUT2D eigenvalue weighted by Crippen LogP contribution is -2.06. The molecule has 4 aromatic rings. The summed E-state index contributed by atoms with van der Waals surface area (Å²) < 4.78 is 9.23. The van der Waals surface area contributed by atoms with Crippen molar-refractivity contribution >= 4 is 38.6 Å². The van der Waals surface area contributed by atoms with E-state index in [1.54, 1.807) is 0 Å². The van der Waals surface area contributed by atoms with Gasteiger partial charge >= 0.3 is 5.97 Å². The second-order valence-corrected chi connectivity index (χ2v) is 9.45. The van der Waals surface area contributed by atoms with Gasteiger partial charge in [-0.05, 0) is 60.4 Å². The van der Waals surface area contributed by atoms with Crippen LogP contribution in [0.2, 0.25) is 0 Å². The third-order valence-corrected chi connectivity index (χ3v) is 6.60. The van der Waals surface area contributed by atoms with E-state index in [0.717, 1.165) is 61.4 Å². The van der Waals surface area contributed by atoms with Gasteiger partial charge in [-0.25, -0.2) is 14.8 Å². The van der Waals surface area contributed by atoms with Crippen LogP contribution in [-0.2, 0) is 24.4 Å². The number of rotatable bonds is 4. The molecule has 1 N–H and O–H groups in total. The predicted molar refractivity (Wildman–Crippen MR) is 135 cm³/mol. The molecule has 0 fully saturated rings. The molecule has 0 spiro atoms. The number of carbonyl (C=O) groups is 1. The van der Waals surface area contributed by atoms with Crippen LogP contribution in [-0.4, -0.2) is 25.6 Å². The highest BCUT2D eigenvalue weighted by Crippen LogP contribution is 2.38. The molecule has 1 aliphatic rings. The lowest BCUT2D eigenvalue weighted by molar-refractivity contribution is -0.131. The van der Waals surface area contributed by atoms with E-state index in [2.05, 4.69) is 40.4 Å². The number of carboxylic acids is 1. The van der Waals surface area contributed by atoms with E-state index < -0.39 is 5.97 Å². The highest BCUT2D eigenvalue weighted by atomic mass is 79.9. The highest BCUT2D eigenvalue weighted by Gasteiger charge is 2.22. The number of imidazole rings is 1. The molecule has 0 atom stereocenters. The Labute approximate surface area is 206 Å². The SMILES string of the molecule is CCc1nc2c(C)cc(C)nc2n1Cc1ccc2c(c1)OCc1ccc(Br)cc1C2=CC(=O)O. The number of fused-ring (bicyclic) bond motifs is 3. The fourth-order valence-electron chi connectivity index (χ4n) is 4.58. The topological polar surface area (TPSA) is 77.2 Å². The molecule has 34 heavy (non-hydrogen) atoms. The van der Waals surface area contributed by atoms with Crippen molar-refractivity contribution in [2.45, 2.75) is 40.3 Å². The number of aliphatic carboxylic acids is 1. The summed E-state index contributed by atoms with van der Waals surface area (Å²) in [5.41, 5.74) is 8.13. The lowest BCUT2D eigenvalue weighted by Gasteiger charge is -2.13. The maximum Gasteiger partial charge on any atom is 0.328 e. The zero-order chi connectivity index (χ0) is 24.0. The fourth-order valence-corrected chi connectivity index (χ4v) is 4.94. The Kier molecular flexibility index (Phi) is 5.73. The molecule has 2 aromatic carbocycles. The van der Waals surface area contributed by atoms with Crippen LogP contribution >= 0.6 is 15.9 Å². The van der Waals surface area contributed by atoms with Crippen LogP contribution in [0.1, 0.15) is 46.3 Å². The molecule has 0 unspecified atom stereocenters. The molecule has 0 aliphatic carbocycles. The summed E-state index contributed by atoms with van der Waals surface area (Å²) in [6.07, 6.45) is 2.05. The van der Waals surface area contributed by atoms with Crippen LogP contribution in [0.25, 0.3) is 16.7 Å². The molecule has 1 aliphatic heterocycles. The van der Waals surface area contributed by atoms with E-state index in [1.165, 1.54) is 6.08 Å². The molecule has 0 radical (unpaired) electrons. The van der Waals surface area contributed by atoms with Crippen molar-refractivity contribution in [2.75, 3.05) is 0 Å². The van der Waals surface area contributed by atoms with Gasteiger partial charge in [-0.1, -0.05) is 41.1 Å². The van der Waals surface area contributed by atoms with E-state index in [9.17, 15) is 9.90 Å². The minimum absolute atomic E-state index is 0.365. The average Bonchev–Trinajstić information content (AvgIpc) is 3.07. The first-order valence-corrected chi connectivity index (χ1v) is 12.0. The fraction of sp³-hybridized carbons (Fsp3) is 0.222. The number of halogens is 1. The van der Waals surface area contributed by atoms with Gasteiger partial charge in [0, 0.05) is 33.8 Å². The van der Waals surface area contributed by atoms with Gasteiger partial charge in [-0.3, -0.25) is 0 Å². The molecule has 7 heteroatoms. The van der Waals surface area contributed by atoms with Gasteiger partial charge in [0.15, 0.2) is 5.65 Å². The molecule has 0 saturated carbocycles. The van der Waals surface area contributed by atoms with E-state index in [0.29, 0.717) is 24.5 Å². The number of ether oxygens (including phenoxy) is 1. The molecule has 5 rings (SSSR count). The molecular weight excluding hydrogens is 494 g/mol. The smallest absolute Gasteiger partial charge is 0.328 e. The number of hydrogen-bond acceptors (Lipinski definition) is 4. The van der Waals surface area contributed by atoms with Crippen molar-refractivity contribution in [3.63, 3.8) is 0 Å². The number of carboxylic acid groups (broad SMARTS) is 1. The van der Waals surface area contributed by atoms with E-state index in [4.69, 9.17) is 14.7 Å². The largest absolute Gasteiger partial charge is 0.488 e. The van der Waals surface area contributed by atoms with Gasteiger partial charge in [0.1, 0.15) is 23.7 Å². The summed E-state index contributed by atoms with van der Waals surface area (Å²) in [7, 11) is 0. The normalized spacial score (nSPS) is 13.9. The van der Waals surface area contributed by atoms with Crippen molar-refractivity contribution < 1.29 is 14.6 Å². The molecule has 3 heterocycles. The van der Waals surface area contributed by atoms with Crippen LogP contribution in [0.5, 0.6) is 5.75 Å². The van der Waals surface area contributed by atoms with Crippen molar-refractivity contribution in [1.29, 1.82) is 0 Å². The van der Waals surface area contributed by atoms with Crippen molar-refractivity contribution in [2.24, 2.45) is 0 Å². The number of hydrogen-bond donors (Lipinski definition) is 1. The van der Waals surface area contributed by atoms with Gasteiger partial charge < -0.3 is 14.4 Å². The second-order valence-electron chi connectivity index (χ2n) is 8.54. The van der Waals surface area contributed by atoms with Gasteiger partial charge in [-0.2, -0.15) is 0 Å². The van der Waals surface area contributed by atoms with Crippen LogP contribution in [0, 0.1) is 13.8 Å². The Hall–Kier alpha value is -3.45. The van der Waals surface area contributed by atoms with Gasteiger partial charge in [0.05, 0.1) is 6.54 Å². The van der Waals surface area contributed by atoms with Crippen molar-refractivity contribution in [3.05, 3.63) is 92.3 Å². The molecule has 0 amide bonds. The zero-order valence-electron chi connectivity index (χ0n) is 19.2. The first-order valence-electron chi connectivity index (χ1n) is 11.2. The Bertz CT molecular complexity index is 1490. The summed E-state index contributed by atoms with van der Waals surface area (Å²) >= 11 is 3.51. The number of nitrogens with zero attached hydrogens (tertiary/aromatic N) is 3. The number of aryl methyl sites for hydroxylation is 3. The highest BCUT2D eigenvalue weighted by molar-refractivity contribution is 9.10. The maximum atomic E-state index is 11.7. The zero-order valence-corrected chi connectivity index (χ0v) is 20.8. The lowest BCUT2D eigenvalue weighted by atomic mass is 9.93. The summed E-state index contributed by atoms with van der Waals surface area (Å²) in [5.74, 6) is 0.656. The quantitative estimate of drug-likeness (QED) is 0.344. The van der Waals surface area contributed by atoms with Gasteiger partial charge in [0.2, 0.25) is 0 Å². The average molecular weight is 518 g/mol. The first kappa shape index (κ1) is 22.3. The molecule has 0 bridgehead atoms. The van der Waals surface area contributed by atoms with Crippen molar-refractivity contribution in [3.8, 4) is 5.75 Å². The van der Waals surface area contributed by atoms with Gasteiger partial charge in [-0.15, -0.1) is 0 Å². The van der Waals surface area contributed by atoms with Crippen LogP contribution < -0.4 is 4.74 Å². The van der Waals surface area contributed by atoms with Crippen molar-refractivity contribution in [1.82, 2.24) is 14.5 Å². The number of pyridine rings is 1.